The van der Waals surface area contributed by atoms with Crippen LogP contribution in [-0.4, -0.2) is 43.2 Å². The van der Waals surface area contributed by atoms with E-state index in [1.807, 2.05) is 36.5 Å². The number of halogens is 1. The van der Waals surface area contributed by atoms with Crippen LogP contribution in [0, 0.1) is 0 Å². The second-order valence-electron chi connectivity index (χ2n) is 5.58. The minimum absolute atomic E-state index is 0.0170. The average molecular weight is 323 g/mol. The third-order valence-corrected chi connectivity index (χ3v) is 4.65. The minimum atomic E-state index is -0.0317. The molecule has 1 N–H and O–H groups in total. The number of rotatable bonds is 4. The first-order valence-electron chi connectivity index (χ1n) is 7.12. The van der Waals surface area contributed by atoms with Gasteiger partial charge in [0, 0.05) is 39.8 Å². The first kappa shape index (κ1) is 15.1. The van der Waals surface area contributed by atoms with Crippen LogP contribution in [0.25, 0.3) is 0 Å². The zero-order valence-corrected chi connectivity index (χ0v) is 13.6. The van der Waals surface area contributed by atoms with E-state index in [1.54, 1.807) is 17.3 Å². The molecule has 2 atom stereocenters. The Bertz CT molecular complexity index is 693. The second-order valence-corrected chi connectivity index (χ2v) is 5.96. The van der Waals surface area contributed by atoms with Gasteiger partial charge in [0.1, 0.15) is 11.0 Å². The maximum absolute atomic E-state index is 12.1. The maximum Gasteiger partial charge on any atom is 0.224 e. The molecule has 0 unspecified atom stereocenters. The van der Waals surface area contributed by atoms with Crippen molar-refractivity contribution >= 4 is 17.5 Å². The van der Waals surface area contributed by atoms with E-state index in [2.05, 4.69) is 15.4 Å². The number of hydrogen-bond donors (Lipinski definition) is 1. The van der Waals surface area contributed by atoms with Crippen molar-refractivity contribution in [2.75, 3.05) is 7.05 Å². The molecule has 22 heavy (non-hydrogen) atoms. The van der Waals surface area contributed by atoms with E-state index in [-0.39, 0.29) is 18.0 Å². The normalized spacial score (nSPS) is 21.8. The molecule has 2 aromatic rings. The van der Waals surface area contributed by atoms with Gasteiger partial charge < -0.3 is 14.8 Å². The molecule has 8 heteroatoms. The lowest BCUT2D eigenvalue weighted by atomic mass is 10.1. The van der Waals surface area contributed by atoms with Crippen molar-refractivity contribution in [3.63, 3.8) is 0 Å². The zero-order valence-electron chi connectivity index (χ0n) is 12.8. The summed E-state index contributed by atoms with van der Waals surface area (Å²) in [6.07, 6.45) is 3.84. The third kappa shape index (κ3) is 2.50. The lowest BCUT2D eigenvalue weighted by Crippen LogP contribution is -2.36. The average Bonchev–Trinajstić information content (AvgIpc) is 3.11. The predicted molar refractivity (Wildman–Crippen MR) is 82.2 cm³/mol. The lowest BCUT2D eigenvalue weighted by molar-refractivity contribution is -0.127. The quantitative estimate of drug-likeness (QED) is 0.907. The van der Waals surface area contributed by atoms with Crippen molar-refractivity contribution in [2.24, 2.45) is 14.1 Å². The summed E-state index contributed by atoms with van der Waals surface area (Å²) in [4.78, 5) is 18.1. The van der Waals surface area contributed by atoms with Gasteiger partial charge in [0.15, 0.2) is 0 Å². The summed E-state index contributed by atoms with van der Waals surface area (Å²) in [5, 5.41) is 8.24. The lowest BCUT2D eigenvalue weighted by Gasteiger charge is -2.25. The fourth-order valence-corrected chi connectivity index (χ4v) is 3.09. The molecule has 7 nitrogen and oxygen atoms in total. The molecule has 0 aromatic carbocycles. The second kappa shape index (κ2) is 5.73. The van der Waals surface area contributed by atoms with Gasteiger partial charge in [-0.1, -0.05) is 11.6 Å². The number of imidazole rings is 1. The van der Waals surface area contributed by atoms with E-state index in [4.69, 9.17) is 11.6 Å². The molecule has 0 radical (unpaired) electrons. The summed E-state index contributed by atoms with van der Waals surface area (Å²) in [6.45, 7) is 0.559. The minimum Gasteiger partial charge on any atom is -0.336 e. The highest BCUT2D eigenvalue weighted by Gasteiger charge is 2.39. The summed E-state index contributed by atoms with van der Waals surface area (Å²) < 4.78 is 3.64. The molecule has 1 fully saturated rings. The summed E-state index contributed by atoms with van der Waals surface area (Å²) in [5.74, 6) is 0.970. The number of likely N-dealkylation sites (N-methyl/N-ethyl adjacent to an activating group) is 1. The number of aryl methyl sites for hydroxylation is 1. The number of amides is 1. The molecule has 3 rings (SSSR count). The van der Waals surface area contributed by atoms with Crippen molar-refractivity contribution in [2.45, 2.75) is 25.0 Å². The number of carbonyl (C=O) groups is 1. The number of nitrogens with zero attached hydrogens (tertiary/aromatic N) is 5. The molecule has 0 bridgehead atoms. The van der Waals surface area contributed by atoms with Crippen LogP contribution in [0.5, 0.6) is 0 Å². The summed E-state index contributed by atoms with van der Waals surface area (Å²) in [6, 6.07) is 1.94. The molecule has 0 saturated carbocycles. The van der Waals surface area contributed by atoms with Gasteiger partial charge in [-0.3, -0.25) is 9.48 Å². The molecule has 1 aliphatic rings. The standard InChI is InChI=1S/C14H19ClN6O/c1-19-11(15)7-17-12(19)8-16-9-6-13(22)20(2)14(9)10-4-5-18-21(10)3/h4-5,7,9,14,16H,6,8H2,1-3H3/t9-,14-/m1/s1. The van der Waals surface area contributed by atoms with Crippen LogP contribution >= 0.6 is 11.6 Å². The Morgan fingerprint density at radius 2 is 2.18 bits per heavy atom. The van der Waals surface area contributed by atoms with E-state index in [0.717, 1.165) is 11.5 Å². The molecule has 3 heterocycles. The smallest absolute Gasteiger partial charge is 0.224 e. The highest BCUT2D eigenvalue weighted by molar-refractivity contribution is 6.29. The number of carbonyl (C=O) groups excluding carboxylic acids is 1. The molecular formula is C14H19ClN6O. The summed E-state index contributed by atoms with van der Waals surface area (Å²) in [7, 11) is 5.59. The highest BCUT2D eigenvalue weighted by Crippen LogP contribution is 2.31. The Kier molecular flexibility index (Phi) is 3.92. The van der Waals surface area contributed by atoms with Crippen molar-refractivity contribution in [1.29, 1.82) is 0 Å². The van der Waals surface area contributed by atoms with Crippen LogP contribution < -0.4 is 5.32 Å². The van der Waals surface area contributed by atoms with Crippen LogP contribution in [0.2, 0.25) is 5.15 Å². The maximum atomic E-state index is 12.1. The fraction of sp³-hybridized carbons (Fsp3) is 0.500. The first-order chi connectivity index (χ1) is 10.5. The Morgan fingerprint density at radius 1 is 1.41 bits per heavy atom. The van der Waals surface area contributed by atoms with Gasteiger partial charge in [-0.15, -0.1) is 0 Å². The summed E-state index contributed by atoms with van der Waals surface area (Å²) >= 11 is 6.00. The Hall–Kier alpha value is -1.86. The van der Waals surface area contributed by atoms with Gasteiger partial charge in [-0.2, -0.15) is 5.10 Å². The topological polar surface area (TPSA) is 68.0 Å². The molecule has 2 aromatic heterocycles. The summed E-state index contributed by atoms with van der Waals surface area (Å²) in [5.41, 5.74) is 1.02. The van der Waals surface area contributed by atoms with E-state index >= 15 is 0 Å². The van der Waals surface area contributed by atoms with E-state index in [1.165, 1.54) is 0 Å². The van der Waals surface area contributed by atoms with Crippen LogP contribution in [0.1, 0.15) is 24.0 Å². The van der Waals surface area contributed by atoms with E-state index < -0.39 is 0 Å². The van der Waals surface area contributed by atoms with Gasteiger partial charge >= 0.3 is 0 Å². The van der Waals surface area contributed by atoms with Crippen LogP contribution in [0.4, 0.5) is 0 Å². The SMILES string of the molecule is CN1C(=O)C[C@@H](NCc2ncc(Cl)n2C)[C@@H]1c1ccnn1C. The predicted octanol–water partition coefficient (Wildman–Crippen LogP) is 0.869. The van der Waals surface area contributed by atoms with Gasteiger partial charge in [-0.25, -0.2) is 4.98 Å². The van der Waals surface area contributed by atoms with E-state index in [0.29, 0.717) is 18.1 Å². The van der Waals surface area contributed by atoms with Gasteiger partial charge in [0.25, 0.3) is 0 Å². The molecule has 0 aliphatic carbocycles. The Balaban J connectivity index is 1.78. The Morgan fingerprint density at radius 3 is 2.77 bits per heavy atom. The third-order valence-electron chi connectivity index (χ3n) is 4.30. The number of aromatic nitrogens is 4. The van der Waals surface area contributed by atoms with Gasteiger partial charge in [-0.05, 0) is 6.07 Å². The van der Waals surface area contributed by atoms with Gasteiger partial charge in [0.05, 0.1) is 24.5 Å². The number of hydrogen-bond acceptors (Lipinski definition) is 4. The molecular weight excluding hydrogens is 304 g/mol. The number of likely N-dealkylation sites (tertiary alicyclic amines) is 1. The molecule has 118 valence electrons. The molecule has 1 saturated heterocycles. The van der Waals surface area contributed by atoms with Crippen molar-refractivity contribution < 1.29 is 4.79 Å². The van der Waals surface area contributed by atoms with Crippen molar-refractivity contribution in [3.05, 3.63) is 35.1 Å². The highest BCUT2D eigenvalue weighted by atomic mass is 35.5. The fourth-order valence-electron chi connectivity index (χ4n) is 2.94. The monoisotopic (exact) mass is 322 g/mol. The van der Waals surface area contributed by atoms with Crippen LogP contribution in [0.15, 0.2) is 18.5 Å². The van der Waals surface area contributed by atoms with Crippen molar-refractivity contribution in [1.82, 2.24) is 29.5 Å². The largest absolute Gasteiger partial charge is 0.336 e. The number of nitrogens with one attached hydrogen (secondary N) is 1. The Labute approximate surface area is 133 Å². The molecule has 1 aliphatic heterocycles. The van der Waals surface area contributed by atoms with Gasteiger partial charge in [0.2, 0.25) is 5.91 Å². The van der Waals surface area contributed by atoms with Crippen LogP contribution in [0.3, 0.4) is 0 Å². The first-order valence-corrected chi connectivity index (χ1v) is 7.50. The van der Waals surface area contributed by atoms with E-state index in [9.17, 15) is 4.79 Å². The van der Waals surface area contributed by atoms with Crippen LogP contribution in [-0.2, 0) is 25.4 Å². The molecule has 0 spiro atoms. The zero-order chi connectivity index (χ0) is 15.9. The molecule has 1 amide bonds. The van der Waals surface area contributed by atoms with Crippen molar-refractivity contribution in [3.8, 4) is 0 Å².